The quantitative estimate of drug-likeness (QED) is 0.401. The lowest BCUT2D eigenvalue weighted by Crippen LogP contribution is -2.62. The normalized spacial score (nSPS) is 27.8. The van der Waals surface area contributed by atoms with E-state index in [0.29, 0.717) is 30.2 Å². The van der Waals surface area contributed by atoms with Gasteiger partial charge < -0.3 is 24.6 Å². The van der Waals surface area contributed by atoms with Crippen molar-refractivity contribution in [3.05, 3.63) is 22.4 Å². The van der Waals surface area contributed by atoms with Crippen LogP contribution in [0, 0.1) is 17.8 Å². The Hall–Kier alpha value is -2.73. The van der Waals surface area contributed by atoms with E-state index in [-0.39, 0.29) is 71.2 Å². The zero-order valence-corrected chi connectivity index (χ0v) is 22.7. The van der Waals surface area contributed by atoms with Crippen LogP contribution in [0.25, 0.3) is 0 Å². The van der Waals surface area contributed by atoms with Gasteiger partial charge in [-0.15, -0.1) is 22.0 Å². The number of nitrogens with one attached hydrogen (secondary N) is 1. The maximum atomic E-state index is 13.2. The maximum Gasteiger partial charge on any atom is 0.353 e. The topological polar surface area (TPSA) is 146 Å². The monoisotopic (exact) mass is 533 g/mol. The zero-order chi connectivity index (χ0) is 27.0. The Morgan fingerprint density at radius 2 is 1.97 bits per heavy atom. The van der Waals surface area contributed by atoms with Crippen LogP contribution in [0.1, 0.15) is 51.8 Å². The maximum absolute atomic E-state index is 13.2. The summed E-state index contributed by atoms with van der Waals surface area (Å²) in [6.45, 7) is 6.40. The Balaban J connectivity index is 1.41. The van der Waals surface area contributed by atoms with E-state index in [2.05, 4.69) is 15.5 Å². The van der Waals surface area contributed by atoms with E-state index in [9.17, 15) is 24.3 Å². The molecule has 0 saturated carbocycles. The first-order valence-corrected chi connectivity index (χ1v) is 13.7. The van der Waals surface area contributed by atoms with Crippen molar-refractivity contribution < 1.29 is 28.7 Å². The van der Waals surface area contributed by atoms with Crippen molar-refractivity contribution >= 4 is 35.3 Å². The van der Waals surface area contributed by atoms with Crippen LogP contribution in [0.4, 0.5) is 0 Å². The van der Waals surface area contributed by atoms with Gasteiger partial charge in [-0.3, -0.25) is 14.4 Å². The van der Waals surface area contributed by atoms with Crippen LogP contribution in [0.15, 0.2) is 15.0 Å². The number of amides is 2. The van der Waals surface area contributed by atoms with Crippen LogP contribution in [0.2, 0.25) is 0 Å². The second-order valence-electron chi connectivity index (χ2n) is 10.4. The molecule has 202 valence electrons. The van der Waals surface area contributed by atoms with Gasteiger partial charge in [0.15, 0.2) is 0 Å². The zero-order valence-electron chi connectivity index (χ0n) is 21.9. The van der Waals surface area contributed by atoms with Crippen LogP contribution in [-0.4, -0.2) is 86.6 Å². The summed E-state index contributed by atoms with van der Waals surface area (Å²) >= 11 is 1.45. The van der Waals surface area contributed by atoms with Crippen LogP contribution in [0.5, 0.6) is 0 Å². The fourth-order valence-electron chi connectivity index (χ4n) is 5.64. The molecule has 12 heteroatoms. The number of hydrogen-bond donors (Lipinski definition) is 2. The summed E-state index contributed by atoms with van der Waals surface area (Å²) < 4.78 is 5.52. The van der Waals surface area contributed by atoms with Gasteiger partial charge in [0.2, 0.25) is 23.6 Å². The van der Waals surface area contributed by atoms with Crippen LogP contribution < -0.4 is 5.32 Å². The molecule has 2 fully saturated rings. The number of thioether (sulfide) groups is 1. The number of carboxylic acids is 1. The van der Waals surface area contributed by atoms with Gasteiger partial charge in [0, 0.05) is 49.6 Å². The number of rotatable bonds is 11. The lowest BCUT2D eigenvalue weighted by Gasteiger charge is -2.47. The predicted octanol–water partition coefficient (Wildman–Crippen LogP) is 1.48. The summed E-state index contributed by atoms with van der Waals surface area (Å²) in [5, 5.41) is 21.1. The highest BCUT2D eigenvalue weighted by Crippen LogP contribution is 2.53. The van der Waals surface area contributed by atoms with Crippen LogP contribution in [0.3, 0.4) is 0 Å². The molecule has 11 nitrogen and oxygen atoms in total. The van der Waals surface area contributed by atoms with Crippen molar-refractivity contribution in [2.75, 3.05) is 20.6 Å². The molecule has 0 bridgehead atoms. The number of aromatic nitrogens is 2. The fourth-order valence-corrected chi connectivity index (χ4v) is 7.12. The molecule has 3 aliphatic rings. The van der Waals surface area contributed by atoms with Crippen LogP contribution in [-0.2, 0) is 32.0 Å². The highest BCUT2D eigenvalue weighted by Gasteiger charge is 2.60. The molecule has 4 rings (SSSR count). The Bertz CT molecular complexity index is 1120. The highest BCUT2D eigenvalue weighted by atomic mass is 32.2. The number of likely N-dealkylation sites (N-methyl/N-ethyl adjacent to an activating group) is 1. The third kappa shape index (κ3) is 5.31. The number of fused-ring (bicyclic) bond motifs is 1. The van der Waals surface area contributed by atoms with Gasteiger partial charge in [-0.2, -0.15) is 0 Å². The van der Waals surface area contributed by atoms with Gasteiger partial charge in [0.25, 0.3) is 0 Å². The van der Waals surface area contributed by atoms with Gasteiger partial charge in [-0.25, -0.2) is 4.79 Å². The molecule has 0 aliphatic carbocycles. The number of Topliss-reactive ketones (excluding diaryl/α,β-unsaturated/α-hetero) is 1. The number of carboxylic acid groups (broad SMARTS) is 1. The molecule has 2 amide bonds. The number of carbonyl (C=O) groups excluding carboxylic acids is 3. The third-order valence-corrected chi connectivity index (χ3v) is 8.91. The lowest BCUT2D eigenvalue weighted by molar-refractivity contribution is -0.160. The molecule has 1 aromatic heterocycles. The second kappa shape index (κ2) is 10.9. The van der Waals surface area contributed by atoms with E-state index in [1.54, 1.807) is 19.0 Å². The summed E-state index contributed by atoms with van der Waals surface area (Å²) in [6.07, 6.45) is 2.31. The Morgan fingerprint density at radius 1 is 1.27 bits per heavy atom. The number of aliphatic carboxylic acids is 1. The number of aryl methyl sites for hydroxylation is 1. The van der Waals surface area contributed by atoms with E-state index in [1.807, 2.05) is 20.8 Å². The number of β-lactam (4-membered cyclic amide) rings is 1. The van der Waals surface area contributed by atoms with E-state index in [0.717, 1.165) is 6.42 Å². The first-order chi connectivity index (χ1) is 17.5. The smallest absolute Gasteiger partial charge is 0.353 e. The minimum atomic E-state index is -1.13. The molecule has 2 N–H and O–H groups in total. The molecule has 37 heavy (non-hydrogen) atoms. The number of nitrogens with zero attached hydrogens (tertiary/aromatic N) is 4. The Kier molecular flexibility index (Phi) is 8.08. The molecular formula is C25H35N5O6S. The Morgan fingerprint density at radius 3 is 2.62 bits per heavy atom. The summed E-state index contributed by atoms with van der Waals surface area (Å²) in [4.78, 5) is 54.0. The van der Waals surface area contributed by atoms with E-state index in [4.69, 9.17) is 4.42 Å². The number of hydrogen-bond acceptors (Lipinski definition) is 9. The van der Waals surface area contributed by atoms with Crippen molar-refractivity contribution in [3.63, 3.8) is 0 Å². The molecule has 6 atom stereocenters. The summed E-state index contributed by atoms with van der Waals surface area (Å²) in [6, 6.07) is -0.593. The largest absolute Gasteiger partial charge is 0.477 e. The van der Waals surface area contributed by atoms with Gasteiger partial charge in [0.1, 0.15) is 11.5 Å². The van der Waals surface area contributed by atoms with Gasteiger partial charge in [0.05, 0.1) is 24.4 Å². The molecule has 0 aromatic carbocycles. The van der Waals surface area contributed by atoms with Crippen molar-refractivity contribution in [3.8, 4) is 0 Å². The first-order valence-electron chi connectivity index (χ1n) is 12.8. The average molecular weight is 534 g/mol. The summed E-state index contributed by atoms with van der Waals surface area (Å²) in [5.41, 5.74) is 0.0407. The molecule has 4 heterocycles. The molecule has 2 saturated heterocycles. The summed E-state index contributed by atoms with van der Waals surface area (Å²) in [7, 11) is 3.42. The predicted molar refractivity (Wildman–Crippen MR) is 135 cm³/mol. The van der Waals surface area contributed by atoms with Crippen molar-refractivity contribution in [2.24, 2.45) is 17.8 Å². The first kappa shape index (κ1) is 27.3. The Labute approximate surface area is 220 Å². The number of ketones is 1. The fraction of sp³-hybridized carbons (Fsp3) is 0.680. The van der Waals surface area contributed by atoms with Gasteiger partial charge >= 0.3 is 5.97 Å². The molecule has 0 radical (unpaired) electrons. The highest BCUT2D eigenvalue weighted by molar-refractivity contribution is 8.03. The lowest BCUT2D eigenvalue weighted by atomic mass is 9.73. The van der Waals surface area contributed by atoms with E-state index in [1.165, 1.54) is 16.7 Å². The third-order valence-electron chi connectivity index (χ3n) is 7.40. The standard InChI is InChI=1S/C25H35N5O6S/c1-6-7-17-27-28-18(36-17)9-14(31)8-12(2)19-20-13(3)22(21(25(34)35)30(20)24(19)33)37-15-10-16(26-11-15)23(32)29(4)5/h12-13,15-16,19-20,26H,6-11H2,1-5H3,(H,34,35)/t12-,13+,15-,16-,19+,20+/m0/s1. The van der Waals surface area contributed by atoms with Crippen molar-refractivity contribution in [1.82, 2.24) is 25.3 Å². The second-order valence-corrected chi connectivity index (χ2v) is 11.8. The van der Waals surface area contributed by atoms with Crippen molar-refractivity contribution in [1.29, 1.82) is 0 Å². The molecular weight excluding hydrogens is 498 g/mol. The van der Waals surface area contributed by atoms with Gasteiger partial charge in [-0.05, 0) is 18.8 Å². The van der Waals surface area contributed by atoms with Crippen molar-refractivity contribution in [2.45, 2.75) is 70.2 Å². The van der Waals surface area contributed by atoms with E-state index >= 15 is 0 Å². The molecule has 3 aliphatic heterocycles. The van der Waals surface area contributed by atoms with Crippen LogP contribution >= 0.6 is 11.8 Å². The van der Waals surface area contributed by atoms with Gasteiger partial charge in [-0.1, -0.05) is 20.8 Å². The molecule has 1 aromatic rings. The minimum Gasteiger partial charge on any atom is -0.477 e. The van der Waals surface area contributed by atoms with E-state index < -0.39 is 11.9 Å². The number of carbonyl (C=O) groups is 4. The SMILES string of the molecule is CCCc1nnc(CC(=O)C[C@H](C)[C@H]2C(=O)N3C(C(=O)O)=C(S[C@@H]4CN[C@H](C(=O)N(C)C)C4)[C@H](C)[C@H]23)o1. The minimum absolute atomic E-state index is 0.00493. The molecule has 0 spiro atoms. The summed E-state index contributed by atoms with van der Waals surface area (Å²) in [5.74, 6) is -1.55. The molecule has 0 unspecified atom stereocenters. The average Bonchev–Trinajstić information content (AvgIpc) is 3.52.